The fraction of sp³-hybridized carbons (Fsp3) is 0.929. The molecule has 0 aromatic carbocycles. The van der Waals surface area contributed by atoms with E-state index in [1.807, 2.05) is 11.9 Å². The molecule has 0 atom stereocenters. The lowest BCUT2D eigenvalue weighted by atomic mass is 9.75. The average Bonchev–Trinajstić information content (AvgIpc) is 2.38. The van der Waals surface area contributed by atoms with Crippen LogP contribution in [0, 0.1) is 5.41 Å². The summed E-state index contributed by atoms with van der Waals surface area (Å²) in [5.41, 5.74) is -0.0991. The molecule has 0 saturated carbocycles. The third-order valence-corrected chi connectivity index (χ3v) is 4.14. The van der Waals surface area contributed by atoms with Gasteiger partial charge in [0.1, 0.15) is 0 Å². The van der Waals surface area contributed by atoms with Crippen molar-refractivity contribution in [2.24, 2.45) is 5.41 Å². The van der Waals surface area contributed by atoms with Crippen molar-refractivity contribution in [2.45, 2.75) is 32.6 Å². The van der Waals surface area contributed by atoms with Crippen molar-refractivity contribution in [1.29, 1.82) is 0 Å². The molecule has 1 aliphatic heterocycles. The van der Waals surface area contributed by atoms with Crippen molar-refractivity contribution < 1.29 is 4.79 Å². The van der Waals surface area contributed by atoms with Crippen molar-refractivity contribution in [3.05, 3.63) is 0 Å². The molecule has 18 heavy (non-hydrogen) atoms. The molecule has 1 N–H and O–H groups in total. The fourth-order valence-electron chi connectivity index (χ4n) is 2.75. The van der Waals surface area contributed by atoms with Crippen LogP contribution in [0.25, 0.3) is 0 Å². The number of nitrogens with zero attached hydrogens (tertiary/aromatic N) is 2. The molecule has 0 aromatic heterocycles. The van der Waals surface area contributed by atoms with E-state index in [1.165, 1.54) is 0 Å². The van der Waals surface area contributed by atoms with Crippen molar-refractivity contribution in [3.63, 3.8) is 0 Å². The van der Waals surface area contributed by atoms with Gasteiger partial charge in [0.15, 0.2) is 0 Å². The van der Waals surface area contributed by atoms with Crippen LogP contribution in [0.2, 0.25) is 0 Å². The van der Waals surface area contributed by atoms with Crippen molar-refractivity contribution in [2.75, 3.05) is 47.3 Å². The van der Waals surface area contributed by atoms with Crippen LogP contribution in [0.3, 0.4) is 0 Å². The zero-order valence-electron chi connectivity index (χ0n) is 12.5. The lowest BCUT2D eigenvalue weighted by molar-refractivity contribution is -0.142. The summed E-state index contributed by atoms with van der Waals surface area (Å²) in [4.78, 5) is 16.7. The van der Waals surface area contributed by atoms with Gasteiger partial charge in [0, 0.05) is 13.6 Å². The van der Waals surface area contributed by atoms with Gasteiger partial charge in [-0.15, -0.1) is 0 Å². The number of piperidine rings is 1. The van der Waals surface area contributed by atoms with Crippen LogP contribution >= 0.6 is 0 Å². The second-order valence-corrected chi connectivity index (χ2v) is 5.77. The number of carbonyl (C=O) groups excluding carboxylic acids is 1. The van der Waals surface area contributed by atoms with Crippen molar-refractivity contribution >= 4 is 5.91 Å². The van der Waals surface area contributed by atoms with Gasteiger partial charge in [0.05, 0.1) is 5.41 Å². The molecule has 0 aliphatic carbocycles. The van der Waals surface area contributed by atoms with Crippen LogP contribution in [0.4, 0.5) is 0 Å². The largest absolute Gasteiger partial charge is 0.345 e. The summed E-state index contributed by atoms with van der Waals surface area (Å²) < 4.78 is 0. The lowest BCUT2D eigenvalue weighted by Gasteiger charge is -2.38. The highest BCUT2D eigenvalue weighted by Crippen LogP contribution is 2.34. The zero-order valence-corrected chi connectivity index (χ0v) is 12.5. The van der Waals surface area contributed by atoms with Gasteiger partial charge in [-0.3, -0.25) is 4.79 Å². The highest BCUT2D eigenvalue weighted by atomic mass is 16.2. The van der Waals surface area contributed by atoms with Crippen LogP contribution in [0.1, 0.15) is 32.6 Å². The minimum atomic E-state index is -0.0991. The minimum absolute atomic E-state index is 0.0991. The van der Waals surface area contributed by atoms with Crippen molar-refractivity contribution in [1.82, 2.24) is 15.1 Å². The monoisotopic (exact) mass is 255 g/mol. The van der Waals surface area contributed by atoms with E-state index in [9.17, 15) is 4.79 Å². The molecule has 1 saturated heterocycles. The molecule has 1 amide bonds. The maximum absolute atomic E-state index is 12.6. The van der Waals surface area contributed by atoms with Crippen LogP contribution in [-0.4, -0.2) is 63.0 Å². The van der Waals surface area contributed by atoms with E-state index in [2.05, 4.69) is 31.2 Å². The van der Waals surface area contributed by atoms with E-state index >= 15 is 0 Å². The summed E-state index contributed by atoms with van der Waals surface area (Å²) in [5, 5.41) is 3.35. The topological polar surface area (TPSA) is 35.6 Å². The first-order chi connectivity index (χ1) is 8.52. The number of nitrogens with one attached hydrogen (secondary N) is 1. The molecule has 0 bridgehead atoms. The Morgan fingerprint density at radius 3 is 2.28 bits per heavy atom. The van der Waals surface area contributed by atoms with E-state index < -0.39 is 0 Å². The van der Waals surface area contributed by atoms with E-state index in [4.69, 9.17) is 0 Å². The second kappa shape index (κ2) is 7.10. The normalized spacial score (nSPS) is 18.9. The summed E-state index contributed by atoms with van der Waals surface area (Å²) >= 11 is 0. The predicted molar refractivity (Wildman–Crippen MR) is 75.6 cm³/mol. The van der Waals surface area contributed by atoms with Gasteiger partial charge in [0.2, 0.25) is 5.91 Å². The quantitative estimate of drug-likeness (QED) is 0.774. The number of rotatable bonds is 6. The first kappa shape index (κ1) is 15.4. The summed E-state index contributed by atoms with van der Waals surface area (Å²) in [6.45, 7) is 6.01. The molecule has 4 heteroatoms. The van der Waals surface area contributed by atoms with Crippen LogP contribution in [0.15, 0.2) is 0 Å². The number of amides is 1. The molecule has 1 aliphatic rings. The first-order valence-corrected chi connectivity index (χ1v) is 7.13. The fourth-order valence-corrected chi connectivity index (χ4v) is 2.75. The number of hydrogen-bond donors (Lipinski definition) is 1. The smallest absolute Gasteiger partial charge is 0.228 e. The first-order valence-electron chi connectivity index (χ1n) is 7.13. The summed E-state index contributed by atoms with van der Waals surface area (Å²) in [5.74, 6) is 0.352. The molecule has 1 rings (SSSR count). The molecule has 0 spiro atoms. The molecule has 1 heterocycles. The Bertz CT molecular complexity index is 260. The zero-order chi connectivity index (χ0) is 13.6. The Morgan fingerprint density at radius 2 is 1.78 bits per heavy atom. The molecule has 106 valence electrons. The van der Waals surface area contributed by atoms with Gasteiger partial charge >= 0.3 is 0 Å². The van der Waals surface area contributed by atoms with E-state index in [-0.39, 0.29) is 5.41 Å². The van der Waals surface area contributed by atoms with Gasteiger partial charge < -0.3 is 15.1 Å². The Kier molecular flexibility index (Phi) is 6.09. The van der Waals surface area contributed by atoms with Gasteiger partial charge in [-0.1, -0.05) is 6.92 Å². The summed E-state index contributed by atoms with van der Waals surface area (Å²) in [6.07, 6.45) is 3.99. The highest BCUT2D eigenvalue weighted by Gasteiger charge is 2.39. The van der Waals surface area contributed by atoms with E-state index in [0.29, 0.717) is 5.91 Å². The van der Waals surface area contributed by atoms with Crippen LogP contribution in [0.5, 0.6) is 0 Å². The summed E-state index contributed by atoms with van der Waals surface area (Å²) in [7, 11) is 6.10. The van der Waals surface area contributed by atoms with Crippen molar-refractivity contribution in [3.8, 4) is 0 Å². The Labute approximate surface area is 112 Å². The van der Waals surface area contributed by atoms with Gasteiger partial charge in [0.25, 0.3) is 0 Å². The van der Waals surface area contributed by atoms with Crippen LogP contribution < -0.4 is 5.32 Å². The minimum Gasteiger partial charge on any atom is -0.345 e. The average molecular weight is 255 g/mol. The third-order valence-electron chi connectivity index (χ3n) is 4.14. The van der Waals surface area contributed by atoms with E-state index in [0.717, 1.165) is 51.9 Å². The van der Waals surface area contributed by atoms with Gasteiger partial charge in [-0.25, -0.2) is 0 Å². The van der Waals surface area contributed by atoms with Crippen LogP contribution in [-0.2, 0) is 4.79 Å². The number of carbonyl (C=O) groups is 1. The lowest BCUT2D eigenvalue weighted by Crippen LogP contribution is -2.48. The third kappa shape index (κ3) is 3.95. The molecular formula is C14H29N3O. The van der Waals surface area contributed by atoms with E-state index in [1.54, 1.807) is 0 Å². The summed E-state index contributed by atoms with van der Waals surface area (Å²) in [6, 6.07) is 0. The maximum Gasteiger partial charge on any atom is 0.228 e. The molecule has 0 aromatic rings. The molecular weight excluding hydrogens is 226 g/mol. The molecule has 0 unspecified atom stereocenters. The van der Waals surface area contributed by atoms with Gasteiger partial charge in [-0.05, 0) is 59.4 Å². The standard InChI is InChI=1S/C14H29N3O/c1-5-14(7-9-15-10-8-14)13(18)17(4)12-6-11-16(2)3/h15H,5-12H2,1-4H3. The Morgan fingerprint density at radius 1 is 1.17 bits per heavy atom. The highest BCUT2D eigenvalue weighted by molar-refractivity contribution is 5.82. The SMILES string of the molecule is CCC1(C(=O)N(C)CCCN(C)C)CCNCC1. The molecule has 1 fully saturated rings. The second-order valence-electron chi connectivity index (χ2n) is 5.77. The molecule has 4 nitrogen and oxygen atoms in total. The Balaban J connectivity index is 2.49. The molecule has 0 radical (unpaired) electrons. The Hall–Kier alpha value is -0.610. The maximum atomic E-state index is 12.6. The van der Waals surface area contributed by atoms with Gasteiger partial charge in [-0.2, -0.15) is 0 Å². The predicted octanol–water partition coefficient (Wildman–Crippen LogP) is 1.18. The number of hydrogen-bond acceptors (Lipinski definition) is 3.